The van der Waals surface area contributed by atoms with Gasteiger partial charge in [0.25, 0.3) is 0 Å². The summed E-state index contributed by atoms with van der Waals surface area (Å²) in [7, 11) is 0. The van der Waals surface area contributed by atoms with Crippen molar-refractivity contribution < 1.29 is 5.11 Å². The molecule has 2 atom stereocenters. The minimum atomic E-state index is -0.619. The van der Waals surface area contributed by atoms with Crippen molar-refractivity contribution in [3.8, 4) is 0 Å². The van der Waals surface area contributed by atoms with Gasteiger partial charge in [0.1, 0.15) is 11.7 Å². The van der Waals surface area contributed by atoms with Crippen LogP contribution in [0.5, 0.6) is 0 Å². The predicted octanol–water partition coefficient (Wildman–Crippen LogP) is 2.25. The second-order valence-corrected chi connectivity index (χ2v) is 8.80. The van der Waals surface area contributed by atoms with Crippen LogP contribution in [-0.2, 0) is 6.42 Å². The van der Waals surface area contributed by atoms with Gasteiger partial charge in [0.2, 0.25) is 0 Å². The number of halogens is 1. The Labute approximate surface area is 165 Å². The molecule has 0 aromatic heterocycles. The molecule has 1 unspecified atom stereocenters. The molecule has 1 aromatic carbocycles. The van der Waals surface area contributed by atoms with Crippen molar-refractivity contribution in [1.82, 2.24) is 9.80 Å². The van der Waals surface area contributed by atoms with Gasteiger partial charge in [0, 0.05) is 36.7 Å². The standard InChI is InChI=1S/C20H28ClN5O/c1-20(27)12-17(10-14-2-4-15(21)5-3-14)26(13-20)16-6-8-25(9-7-16)19-11-18(22)23-24-19/h2-5,16-17,27H,6-13H2,1H3,(H2,22,23)/t17-,20?/m0/s1. The number of rotatable bonds is 3. The number of hydrogen-bond donors (Lipinski definition) is 2. The van der Waals surface area contributed by atoms with Crippen molar-refractivity contribution in [2.75, 3.05) is 19.6 Å². The molecule has 3 aliphatic rings. The number of benzene rings is 1. The first kappa shape index (κ1) is 18.7. The number of amidine groups is 2. The van der Waals surface area contributed by atoms with Crippen LogP contribution in [0.25, 0.3) is 0 Å². The lowest BCUT2D eigenvalue weighted by Gasteiger charge is -2.40. The topological polar surface area (TPSA) is 77.5 Å². The Hall–Kier alpha value is -1.63. The summed E-state index contributed by atoms with van der Waals surface area (Å²) >= 11 is 6.02. The van der Waals surface area contributed by atoms with Gasteiger partial charge in [-0.3, -0.25) is 4.90 Å². The second kappa shape index (κ2) is 7.41. The quantitative estimate of drug-likeness (QED) is 0.831. The highest BCUT2D eigenvalue weighted by molar-refractivity contribution is 6.30. The van der Waals surface area contributed by atoms with Crippen molar-refractivity contribution in [3.63, 3.8) is 0 Å². The van der Waals surface area contributed by atoms with Crippen LogP contribution in [-0.4, -0.2) is 63.9 Å². The van der Waals surface area contributed by atoms with E-state index in [9.17, 15) is 5.11 Å². The van der Waals surface area contributed by atoms with Crippen molar-refractivity contribution in [3.05, 3.63) is 34.9 Å². The molecular formula is C20H28ClN5O. The van der Waals surface area contributed by atoms with Gasteiger partial charge in [-0.15, -0.1) is 10.2 Å². The summed E-state index contributed by atoms with van der Waals surface area (Å²) in [6, 6.07) is 8.94. The van der Waals surface area contributed by atoms with Gasteiger partial charge in [0.15, 0.2) is 0 Å². The Bertz CT molecular complexity index is 737. The molecule has 0 aliphatic carbocycles. The van der Waals surface area contributed by atoms with Crippen LogP contribution in [0, 0.1) is 0 Å². The summed E-state index contributed by atoms with van der Waals surface area (Å²) in [6.07, 6.45) is 4.58. The molecule has 0 bridgehead atoms. The number of aliphatic hydroxyl groups is 1. The maximum Gasteiger partial charge on any atom is 0.135 e. The van der Waals surface area contributed by atoms with Gasteiger partial charge < -0.3 is 15.7 Å². The fraction of sp³-hybridized carbons (Fsp3) is 0.600. The van der Waals surface area contributed by atoms with Gasteiger partial charge in [-0.05, 0) is 50.3 Å². The zero-order valence-corrected chi connectivity index (χ0v) is 16.6. The van der Waals surface area contributed by atoms with Crippen molar-refractivity contribution in [2.45, 2.75) is 56.7 Å². The molecule has 0 saturated carbocycles. The molecule has 27 heavy (non-hydrogen) atoms. The molecule has 4 rings (SSSR count). The fourth-order valence-electron chi connectivity index (χ4n) is 4.71. The Morgan fingerprint density at radius 2 is 1.93 bits per heavy atom. The zero-order valence-electron chi connectivity index (χ0n) is 15.8. The van der Waals surface area contributed by atoms with Crippen LogP contribution in [0.4, 0.5) is 0 Å². The summed E-state index contributed by atoms with van der Waals surface area (Å²) in [4.78, 5) is 4.84. The van der Waals surface area contributed by atoms with Gasteiger partial charge in [-0.2, -0.15) is 0 Å². The smallest absolute Gasteiger partial charge is 0.135 e. The number of piperidine rings is 1. The van der Waals surface area contributed by atoms with E-state index < -0.39 is 5.60 Å². The monoisotopic (exact) mass is 389 g/mol. The highest BCUT2D eigenvalue weighted by Crippen LogP contribution is 2.34. The molecule has 0 radical (unpaired) electrons. The van der Waals surface area contributed by atoms with Gasteiger partial charge in [-0.1, -0.05) is 23.7 Å². The van der Waals surface area contributed by atoms with Crippen LogP contribution in [0.1, 0.15) is 38.2 Å². The van der Waals surface area contributed by atoms with E-state index in [1.807, 2.05) is 19.1 Å². The molecule has 3 aliphatic heterocycles. The Morgan fingerprint density at radius 1 is 1.22 bits per heavy atom. The molecule has 2 saturated heterocycles. The lowest BCUT2D eigenvalue weighted by Crippen LogP contribution is -2.49. The summed E-state index contributed by atoms with van der Waals surface area (Å²) in [5, 5.41) is 19.7. The van der Waals surface area contributed by atoms with Crippen molar-refractivity contribution in [1.29, 1.82) is 0 Å². The third-order valence-electron chi connectivity index (χ3n) is 5.98. The number of hydrogen-bond acceptors (Lipinski definition) is 6. The van der Waals surface area contributed by atoms with Crippen LogP contribution >= 0.6 is 11.6 Å². The molecule has 0 amide bonds. The number of β-amino-alcohol motifs (C(OH)–C–C–N with tert-alkyl or cyclic N) is 1. The van der Waals surface area contributed by atoms with E-state index in [4.69, 9.17) is 17.3 Å². The van der Waals surface area contributed by atoms with E-state index in [2.05, 4.69) is 32.1 Å². The Morgan fingerprint density at radius 3 is 2.56 bits per heavy atom. The largest absolute Gasteiger partial charge is 0.389 e. The highest BCUT2D eigenvalue weighted by atomic mass is 35.5. The molecule has 1 aromatic rings. The molecule has 0 spiro atoms. The third kappa shape index (κ3) is 4.28. The van der Waals surface area contributed by atoms with Crippen LogP contribution in [0.3, 0.4) is 0 Å². The normalized spacial score (nSPS) is 29.9. The molecule has 146 valence electrons. The predicted molar refractivity (Wildman–Crippen MR) is 109 cm³/mol. The van der Waals surface area contributed by atoms with Gasteiger partial charge in [-0.25, -0.2) is 0 Å². The maximum absolute atomic E-state index is 10.7. The average Bonchev–Trinajstić information content (AvgIpc) is 3.20. The fourth-order valence-corrected chi connectivity index (χ4v) is 4.83. The molecule has 3 N–H and O–H groups in total. The molecule has 7 heteroatoms. The van der Waals surface area contributed by atoms with Gasteiger partial charge >= 0.3 is 0 Å². The third-order valence-corrected chi connectivity index (χ3v) is 6.24. The average molecular weight is 390 g/mol. The summed E-state index contributed by atoms with van der Waals surface area (Å²) in [5.41, 5.74) is 6.41. The van der Waals surface area contributed by atoms with Crippen molar-refractivity contribution >= 4 is 23.3 Å². The SMILES string of the molecule is CC1(O)C[C@H](Cc2ccc(Cl)cc2)N(C2CCN(C3=NN=C(N)C3)CC2)C1. The highest BCUT2D eigenvalue weighted by Gasteiger charge is 2.43. The minimum absolute atomic E-state index is 0.362. The van der Waals surface area contributed by atoms with Crippen LogP contribution < -0.4 is 5.73 Å². The molecular weight excluding hydrogens is 362 g/mol. The molecule has 3 heterocycles. The van der Waals surface area contributed by atoms with E-state index in [-0.39, 0.29) is 0 Å². The molecule has 2 fully saturated rings. The maximum atomic E-state index is 10.7. The number of nitrogens with zero attached hydrogens (tertiary/aromatic N) is 4. The second-order valence-electron chi connectivity index (χ2n) is 8.36. The number of likely N-dealkylation sites (tertiary alicyclic amines) is 2. The first-order valence-electron chi connectivity index (χ1n) is 9.76. The number of nitrogens with two attached hydrogens (primary N) is 1. The van der Waals surface area contributed by atoms with E-state index in [0.29, 0.717) is 24.3 Å². The summed E-state index contributed by atoms with van der Waals surface area (Å²) in [6.45, 7) is 4.65. The zero-order chi connectivity index (χ0) is 19.0. The van der Waals surface area contributed by atoms with E-state index in [1.165, 1.54) is 5.56 Å². The van der Waals surface area contributed by atoms with Crippen LogP contribution in [0.15, 0.2) is 34.5 Å². The van der Waals surface area contributed by atoms with Gasteiger partial charge in [0.05, 0.1) is 12.0 Å². The first-order valence-corrected chi connectivity index (χ1v) is 10.1. The van der Waals surface area contributed by atoms with Crippen molar-refractivity contribution in [2.24, 2.45) is 15.9 Å². The lowest BCUT2D eigenvalue weighted by molar-refractivity contribution is 0.0544. The van der Waals surface area contributed by atoms with E-state index >= 15 is 0 Å². The van der Waals surface area contributed by atoms with Crippen LogP contribution in [0.2, 0.25) is 5.02 Å². The Balaban J connectivity index is 1.39. The minimum Gasteiger partial charge on any atom is -0.389 e. The molecule has 6 nitrogen and oxygen atoms in total. The summed E-state index contributed by atoms with van der Waals surface area (Å²) < 4.78 is 0. The lowest BCUT2D eigenvalue weighted by atomic mass is 9.97. The Kier molecular flexibility index (Phi) is 5.14. The van der Waals surface area contributed by atoms with E-state index in [1.54, 1.807) is 0 Å². The first-order chi connectivity index (χ1) is 12.9. The van der Waals surface area contributed by atoms with E-state index in [0.717, 1.165) is 56.2 Å². The summed E-state index contributed by atoms with van der Waals surface area (Å²) in [5.74, 6) is 1.60.